The fraction of sp³-hybridized carbons (Fsp3) is 0.500. The Labute approximate surface area is 196 Å². The third-order valence-electron chi connectivity index (χ3n) is 6.37. The smallest absolute Gasteiger partial charge is 0.339 e. The normalized spacial score (nSPS) is 15.7. The number of hydrogen-bond acceptors (Lipinski definition) is 7. The Hall–Kier alpha value is -2.93. The Morgan fingerprint density at radius 1 is 1.03 bits per heavy atom. The highest BCUT2D eigenvalue weighted by Crippen LogP contribution is 2.39. The van der Waals surface area contributed by atoms with Gasteiger partial charge in [0.1, 0.15) is 5.75 Å². The van der Waals surface area contributed by atoms with Gasteiger partial charge in [-0.15, -0.1) is 0 Å². The minimum atomic E-state index is -0.427. The molecule has 0 fully saturated rings. The van der Waals surface area contributed by atoms with E-state index in [9.17, 15) is 4.79 Å². The average Bonchev–Trinajstić information content (AvgIpc) is 3.26. The summed E-state index contributed by atoms with van der Waals surface area (Å²) in [4.78, 5) is 15.0. The maximum atomic E-state index is 12.9. The molecule has 2 unspecified atom stereocenters. The highest BCUT2D eigenvalue weighted by atomic mass is 16.6. The topological polar surface area (TPSA) is 66.5 Å². The number of nitrogens with zero attached hydrogens (tertiary/aromatic N) is 1. The van der Waals surface area contributed by atoms with Gasteiger partial charge < -0.3 is 23.7 Å². The second-order valence-corrected chi connectivity index (χ2v) is 8.25. The van der Waals surface area contributed by atoms with Gasteiger partial charge in [0, 0.05) is 6.54 Å². The molecule has 0 amide bonds. The zero-order valence-electron chi connectivity index (χ0n) is 20.5. The molecule has 180 valence electrons. The number of ether oxygens (including phenoxy) is 5. The van der Waals surface area contributed by atoms with Gasteiger partial charge in [-0.2, -0.15) is 0 Å². The summed E-state index contributed by atoms with van der Waals surface area (Å²) < 4.78 is 27.3. The van der Waals surface area contributed by atoms with Crippen LogP contribution in [0.5, 0.6) is 23.0 Å². The molecule has 0 spiro atoms. The van der Waals surface area contributed by atoms with Crippen molar-refractivity contribution in [3.8, 4) is 23.0 Å². The van der Waals surface area contributed by atoms with Crippen molar-refractivity contribution in [2.75, 3.05) is 42.0 Å². The number of esters is 1. The first-order valence-electron chi connectivity index (χ1n) is 11.3. The Morgan fingerprint density at radius 2 is 1.73 bits per heavy atom. The molecule has 0 heterocycles. The van der Waals surface area contributed by atoms with Gasteiger partial charge in [-0.25, -0.2) is 4.79 Å². The first kappa shape index (κ1) is 24.7. The van der Waals surface area contributed by atoms with Gasteiger partial charge in [0.15, 0.2) is 17.7 Å². The van der Waals surface area contributed by atoms with Crippen molar-refractivity contribution in [1.29, 1.82) is 0 Å². The number of aryl methyl sites for hydroxylation is 1. The number of rotatable bonds is 11. The first-order valence-corrected chi connectivity index (χ1v) is 11.3. The lowest BCUT2D eigenvalue weighted by Crippen LogP contribution is -2.36. The summed E-state index contributed by atoms with van der Waals surface area (Å²) in [5.74, 6) is 2.24. The third-order valence-corrected chi connectivity index (χ3v) is 6.37. The summed E-state index contributed by atoms with van der Waals surface area (Å²) in [6.07, 6.45) is 3.58. The van der Waals surface area contributed by atoms with E-state index >= 15 is 0 Å². The molecule has 1 aliphatic rings. The molecule has 0 aromatic heterocycles. The van der Waals surface area contributed by atoms with Crippen molar-refractivity contribution in [3.63, 3.8) is 0 Å². The Kier molecular flexibility index (Phi) is 8.44. The SMILES string of the molecule is CCC(OC(=O)c1cc(OC)c(OC)c(OC)c1)N(C)CCC1CCc2ccc(OC)cc21. The van der Waals surface area contributed by atoms with Crippen LogP contribution < -0.4 is 18.9 Å². The fourth-order valence-corrected chi connectivity index (χ4v) is 4.47. The Morgan fingerprint density at radius 3 is 2.30 bits per heavy atom. The summed E-state index contributed by atoms with van der Waals surface area (Å²) in [6.45, 7) is 2.84. The average molecular weight is 458 g/mol. The largest absolute Gasteiger partial charge is 0.497 e. The maximum Gasteiger partial charge on any atom is 0.339 e. The number of methoxy groups -OCH3 is 4. The molecule has 0 saturated carbocycles. The predicted molar refractivity (Wildman–Crippen MR) is 127 cm³/mol. The van der Waals surface area contributed by atoms with Crippen LogP contribution in [0.1, 0.15) is 53.6 Å². The van der Waals surface area contributed by atoms with Crippen LogP contribution in [0.4, 0.5) is 0 Å². The molecule has 2 atom stereocenters. The molecule has 0 saturated heterocycles. The van der Waals surface area contributed by atoms with Crippen LogP contribution in [0.2, 0.25) is 0 Å². The third kappa shape index (κ3) is 5.53. The number of carbonyl (C=O) groups is 1. The van der Waals surface area contributed by atoms with Crippen molar-refractivity contribution < 1.29 is 28.5 Å². The van der Waals surface area contributed by atoms with E-state index in [2.05, 4.69) is 17.0 Å². The van der Waals surface area contributed by atoms with Crippen molar-refractivity contribution in [3.05, 3.63) is 47.0 Å². The number of fused-ring (bicyclic) bond motifs is 1. The van der Waals surface area contributed by atoms with Crippen molar-refractivity contribution in [2.24, 2.45) is 0 Å². The van der Waals surface area contributed by atoms with E-state index in [-0.39, 0.29) is 6.23 Å². The van der Waals surface area contributed by atoms with Gasteiger partial charge in [-0.05, 0) is 74.0 Å². The zero-order valence-corrected chi connectivity index (χ0v) is 20.5. The van der Waals surface area contributed by atoms with Crippen molar-refractivity contribution >= 4 is 5.97 Å². The lowest BCUT2D eigenvalue weighted by atomic mass is 9.97. The zero-order chi connectivity index (χ0) is 24.0. The number of carbonyl (C=O) groups excluding carboxylic acids is 1. The molecule has 1 aliphatic carbocycles. The second kappa shape index (κ2) is 11.3. The predicted octanol–water partition coefficient (Wildman–Crippen LogP) is 4.67. The van der Waals surface area contributed by atoms with E-state index in [4.69, 9.17) is 23.7 Å². The van der Waals surface area contributed by atoms with Crippen LogP contribution in [0.3, 0.4) is 0 Å². The van der Waals surface area contributed by atoms with E-state index in [1.54, 1.807) is 19.2 Å². The summed E-state index contributed by atoms with van der Waals surface area (Å²) in [5.41, 5.74) is 3.14. The molecule has 7 heteroatoms. The summed E-state index contributed by atoms with van der Waals surface area (Å²) in [5, 5.41) is 0. The standard InChI is InChI=1S/C26H35NO6/c1-7-24(33-26(28)19-14-22(30-4)25(32-6)23(15-19)31-5)27(2)13-12-18-9-8-17-10-11-20(29-3)16-21(17)18/h10-11,14-16,18,24H,7-9,12-13H2,1-6H3. The molecular weight excluding hydrogens is 422 g/mol. The lowest BCUT2D eigenvalue weighted by Gasteiger charge is -2.28. The van der Waals surface area contributed by atoms with Crippen LogP contribution in [0.25, 0.3) is 0 Å². The van der Waals surface area contributed by atoms with Gasteiger partial charge in [0.25, 0.3) is 0 Å². The Balaban J connectivity index is 1.65. The summed E-state index contributed by atoms with van der Waals surface area (Å²) in [7, 11) is 8.27. The van der Waals surface area contributed by atoms with Gasteiger partial charge in [0.2, 0.25) is 5.75 Å². The molecule has 0 bridgehead atoms. The molecular formula is C26H35NO6. The molecule has 2 aromatic carbocycles. The van der Waals surface area contributed by atoms with Crippen molar-refractivity contribution in [2.45, 2.75) is 44.8 Å². The molecule has 7 nitrogen and oxygen atoms in total. The minimum Gasteiger partial charge on any atom is -0.497 e. The van der Waals surface area contributed by atoms with Gasteiger partial charge >= 0.3 is 5.97 Å². The fourth-order valence-electron chi connectivity index (χ4n) is 4.47. The highest BCUT2D eigenvalue weighted by molar-refractivity contribution is 5.91. The molecule has 0 N–H and O–H groups in total. The van der Waals surface area contributed by atoms with Gasteiger partial charge in [0.05, 0.1) is 34.0 Å². The van der Waals surface area contributed by atoms with Gasteiger partial charge in [-0.3, -0.25) is 4.90 Å². The quantitative estimate of drug-likeness (QED) is 0.359. The Bertz CT molecular complexity index is 935. The first-order chi connectivity index (χ1) is 15.9. The molecule has 2 aromatic rings. The minimum absolute atomic E-state index is 0.331. The molecule has 0 aliphatic heterocycles. The molecule has 3 rings (SSSR count). The van der Waals surface area contributed by atoms with E-state index in [1.165, 1.54) is 32.5 Å². The van der Waals surface area contributed by atoms with Crippen LogP contribution in [-0.2, 0) is 11.2 Å². The monoisotopic (exact) mass is 457 g/mol. The van der Waals surface area contributed by atoms with Crippen LogP contribution in [-0.4, -0.2) is 59.1 Å². The number of benzene rings is 2. The van der Waals surface area contributed by atoms with Crippen molar-refractivity contribution in [1.82, 2.24) is 4.90 Å². The van der Waals surface area contributed by atoms with E-state index in [0.29, 0.717) is 35.2 Å². The van der Waals surface area contributed by atoms with E-state index in [1.807, 2.05) is 20.0 Å². The molecule has 33 heavy (non-hydrogen) atoms. The van der Waals surface area contributed by atoms with E-state index < -0.39 is 5.97 Å². The maximum absolute atomic E-state index is 12.9. The number of hydrogen-bond donors (Lipinski definition) is 0. The second-order valence-electron chi connectivity index (χ2n) is 8.25. The van der Waals surface area contributed by atoms with Crippen LogP contribution >= 0.6 is 0 Å². The molecule has 0 radical (unpaired) electrons. The summed E-state index contributed by atoms with van der Waals surface area (Å²) >= 11 is 0. The van der Waals surface area contributed by atoms with Crippen LogP contribution in [0.15, 0.2) is 30.3 Å². The van der Waals surface area contributed by atoms with E-state index in [0.717, 1.165) is 31.6 Å². The highest BCUT2D eigenvalue weighted by Gasteiger charge is 2.26. The van der Waals surface area contributed by atoms with Crippen LogP contribution in [0, 0.1) is 0 Å². The summed E-state index contributed by atoms with van der Waals surface area (Å²) in [6, 6.07) is 9.59. The lowest BCUT2D eigenvalue weighted by molar-refractivity contribution is -0.0253. The van der Waals surface area contributed by atoms with Gasteiger partial charge in [-0.1, -0.05) is 13.0 Å².